The minimum absolute atomic E-state index is 0.0499. The summed E-state index contributed by atoms with van der Waals surface area (Å²) >= 11 is 3.40. The number of methoxy groups -OCH3 is 1. The van der Waals surface area contributed by atoms with E-state index in [1.54, 1.807) is 7.11 Å². The molecule has 1 fully saturated rings. The second kappa shape index (κ2) is 6.61. The van der Waals surface area contributed by atoms with Crippen LogP contribution in [0.15, 0.2) is 22.7 Å². The number of carbonyl (C=O) groups excluding carboxylic acids is 1. The van der Waals surface area contributed by atoms with E-state index in [1.807, 2.05) is 30.1 Å². The second-order valence-corrected chi connectivity index (χ2v) is 6.59. The highest BCUT2D eigenvalue weighted by atomic mass is 79.9. The molecule has 0 unspecified atom stereocenters. The van der Waals surface area contributed by atoms with Crippen molar-refractivity contribution in [2.45, 2.75) is 38.6 Å². The summed E-state index contributed by atoms with van der Waals surface area (Å²) in [6.45, 7) is 2.29. The zero-order chi connectivity index (χ0) is 14.7. The molecule has 0 atom stereocenters. The number of hydrogen-bond acceptors (Lipinski definition) is 2. The maximum Gasteiger partial charge on any atom is 0.257 e. The van der Waals surface area contributed by atoms with E-state index < -0.39 is 0 Å². The van der Waals surface area contributed by atoms with Gasteiger partial charge in [0.25, 0.3) is 5.91 Å². The molecule has 1 aliphatic carbocycles. The van der Waals surface area contributed by atoms with E-state index in [9.17, 15) is 4.79 Å². The lowest BCUT2D eigenvalue weighted by Crippen LogP contribution is -2.39. The molecule has 0 spiro atoms. The van der Waals surface area contributed by atoms with E-state index in [2.05, 4.69) is 22.9 Å². The van der Waals surface area contributed by atoms with Crippen molar-refractivity contribution in [1.82, 2.24) is 4.90 Å². The zero-order valence-electron chi connectivity index (χ0n) is 12.4. The van der Waals surface area contributed by atoms with E-state index in [0.717, 1.165) is 23.2 Å². The van der Waals surface area contributed by atoms with E-state index in [1.165, 1.54) is 12.8 Å². The number of nitrogens with zero attached hydrogens (tertiary/aromatic N) is 1. The van der Waals surface area contributed by atoms with Crippen molar-refractivity contribution in [3.8, 4) is 5.75 Å². The molecule has 1 saturated carbocycles. The summed E-state index contributed by atoms with van der Waals surface area (Å²) < 4.78 is 6.24. The second-order valence-electron chi connectivity index (χ2n) is 5.67. The first kappa shape index (κ1) is 15.4. The predicted octanol–water partition coefficient (Wildman–Crippen LogP) is 4.11. The average molecular weight is 340 g/mol. The first-order valence-corrected chi connectivity index (χ1v) is 7.93. The molecule has 0 bridgehead atoms. The monoisotopic (exact) mass is 339 g/mol. The van der Waals surface area contributed by atoms with Crippen LogP contribution in [0.5, 0.6) is 5.75 Å². The van der Waals surface area contributed by atoms with E-state index in [4.69, 9.17) is 4.74 Å². The highest BCUT2D eigenvalue weighted by Crippen LogP contribution is 2.29. The lowest BCUT2D eigenvalue weighted by Gasteiger charge is -2.33. The van der Waals surface area contributed by atoms with E-state index >= 15 is 0 Å². The minimum Gasteiger partial charge on any atom is -0.496 e. The SMILES string of the molecule is COc1cc(Br)ccc1C(=O)N(C)C1CCC(C)CC1. The first-order chi connectivity index (χ1) is 9.52. The summed E-state index contributed by atoms with van der Waals surface area (Å²) in [7, 11) is 3.51. The lowest BCUT2D eigenvalue weighted by molar-refractivity contribution is 0.0676. The molecule has 1 aromatic rings. The number of rotatable bonds is 3. The van der Waals surface area contributed by atoms with E-state index in [0.29, 0.717) is 17.4 Å². The number of benzene rings is 1. The third-order valence-electron chi connectivity index (χ3n) is 4.25. The molecule has 0 radical (unpaired) electrons. The smallest absolute Gasteiger partial charge is 0.257 e. The van der Waals surface area contributed by atoms with Gasteiger partial charge in [0.1, 0.15) is 5.75 Å². The van der Waals surface area contributed by atoms with Crippen molar-refractivity contribution in [2.75, 3.05) is 14.2 Å². The zero-order valence-corrected chi connectivity index (χ0v) is 13.9. The van der Waals surface area contributed by atoms with Gasteiger partial charge in [-0.05, 0) is 49.8 Å². The van der Waals surface area contributed by atoms with Crippen LogP contribution in [0.3, 0.4) is 0 Å². The van der Waals surface area contributed by atoms with E-state index in [-0.39, 0.29) is 5.91 Å². The van der Waals surface area contributed by atoms with Gasteiger partial charge in [0.05, 0.1) is 12.7 Å². The maximum atomic E-state index is 12.6. The highest BCUT2D eigenvalue weighted by Gasteiger charge is 2.26. The van der Waals surface area contributed by atoms with Crippen LogP contribution in [0, 0.1) is 5.92 Å². The predicted molar refractivity (Wildman–Crippen MR) is 84.2 cm³/mol. The van der Waals surface area contributed by atoms with Gasteiger partial charge in [-0.15, -0.1) is 0 Å². The number of halogens is 1. The number of ether oxygens (including phenoxy) is 1. The Labute approximate surface area is 129 Å². The molecule has 1 aliphatic rings. The van der Waals surface area contributed by atoms with Crippen LogP contribution in [-0.2, 0) is 0 Å². The Bertz CT molecular complexity index is 481. The van der Waals surface area contributed by atoms with Gasteiger partial charge in [-0.25, -0.2) is 0 Å². The first-order valence-electron chi connectivity index (χ1n) is 7.13. The Morgan fingerprint density at radius 1 is 1.30 bits per heavy atom. The Balaban J connectivity index is 2.14. The van der Waals surface area contributed by atoms with Crippen LogP contribution in [0.25, 0.3) is 0 Å². The van der Waals surface area contributed by atoms with Crippen LogP contribution in [0.1, 0.15) is 43.0 Å². The Kier molecular flexibility index (Phi) is 5.08. The summed E-state index contributed by atoms with van der Waals surface area (Å²) in [4.78, 5) is 14.5. The van der Waals surface area contributed by atoms with Crippen LogP contribution >= 0.6 is 15.9 Å². The molecule has 110 valence electrons. The molecule has 2 rings (SSSR count). The molecule has 1 aromatic carbocycles. The molecule has 0 N–H and O–H groups in total. The van der Waals surface area contributed by atoms with Gasteiger partial charge in [0.2, 0.25) is 0 Å². The molecule has 0 aromatic heterocycles. The van der Waals surface area contributed by atoms with Gasteiger partial charge in [-0.1, -0.05) is 22.9 Å². The Hall–Kier alpha value is -1.03. The van der Waals surface area contributed by atoms with Gasteiger partial charge in [-0.2, -0.15) is 0 Å². The van der Waals surface area contributed by atoms with Crippen LogP contribution in [-0.4, -0.2) is 31.0 Å². The Morgan fingerprint density at radius 2 is 1.95 bits per heavy atom. The van der Waals surface area contributed by atoms with Crippen molar-refractivity contribution in [1.29, 1.82) is 0 Å². The van der Waals surface area contributed by atoms with Crippen molar-refractivity contribution in [3.05, 3.63) is 28.2 Å². The highest BCUT2D eigenvalue weighted by molar-refractivity contribution is 9.10. The average Bonchev–Trinajstić information content (AvgIpc) is 2.46. The van der Waals surface area contributed by atoms with Crippen LogP contribution in [0.2, 0.25) is 0 Å². The third-order valence-corrected chi connectivity index (χ3v) is 4.74. The van der Waals surface area contributed by atoms with Crippen molar-refractivity contribution in [2.24, 2.45) is 5.92 Å². The number of carbonyl (C=O) groups is 1. The van der Waals surface area contributed by atoms with Crippen molar-refractivity contribution < 1.29 is 9.53 Å². The third kappa shape index (κ3) is 3.35. The quantitative estimate of drug-likeness (QED) is 0.829. The number of amides is 1. The van der Waals surface area contributed by atoms with Crippen molar-refractivity contribution >= 4 is 21.8 Å². The standard InChI is InChI=1S/C16H22BrNO2/c1-11-4-7-13(8-5-11)18(2)16(19)14-9-6-12(17)10-15(14)20-3/h6,9-11,13H,4-5,7-8H2,1-3H3. The molecule has 4 heteroatoms. The summed E-state index contributed by atoms with van der Waals surface area (Å²) in [5.74, 6) is 1.46. The molecule has 0 saturated heterocycles. The largest absolute Gasteiger partial charge is 0.496 e. The van der Waals surface area contributed by atoms with Crippen LogP contribution in [0.4, 0.5) is 0 Å². The summed E-state index contributed by atoms with van der Waals surface area (Å²) in [5, 5.41) is 0. The fraction of sp³-hybridized carbons (Fsp3) is 0.562. The molecule has 0 heterocycles. The fourth-order valence-corrected chi connectivity index (χ4v) is 3.17. The van der Waals surface area contributed by atoms with Crippen molar-refractivity contribution in [3.63, 3.8) is 0 Å². The van der Waals surface area contributed by atoms with Gasteiger partial charge in [0, 0.05) is 17.6 Å². The molecule has 0 aliphatic heterocycles. The lowest BCUT2D eigenvalue weighted by atomic mass is 9.86. The van der Waals surface area contributed by atoms with Gasteiger partial charge in [-0.3, -0.25) is 4.79 Å². The normalized spacial score (nSPS) is 22.4. The van der Waals surface area contributed by atoms with Gasteiger partial charge < -0.3 is 9.64 Å². The Morgan fingerprint density at radius 3 is 2.55 bits per heavy atom. The molecular formula is C16H22BrNO2. The van der Waals surface area contributed by atoms with Gasteiger partial charge >= 0.3 is 0 Å². The summed E-state index contributed by atoms with van der Waals surface area (Å²) in [6.07, 6.45) is 4.62. The minimum atomic E-state index is 0.0499. The van der Waals surface area contributed by atoms with Gasteiger partial charge in [0.15, 0.2) is 0 Å². The summed E-state index contributed by atoms with van der Waals surface area (Å²) in [6, 6.07) is 5.90. The molecule has 3 nitrogen and oxygen atoms in total. The molecular weight excluding hydrogens is 318 g/mol. The summed E-state index contributed by atoms with van der Waals surface area (Å²) in [5.41, 5.74) is 0.636. The fourth-order valence-electron chi connectivity index (χ4n) is 2.83. The maximum absolute atomic E-state index is 12.6. The topological polar surface area (TPSA) is 29.5 Å². The molecule has 1 amide bonds. The molecule has 20 heavy (non-hydrogen) atoms. The van der Waals surface area contributed by atoms with Crippen LogP contribution < -0.4 is 4.74 Å². The number of hydrogen-bond donors (Lipinski definition) is 0.